The first-order chi connectivity index (χ1) is 16.9. The summed E-state index contributed by atoms with van der Waals surface area (Å²) in [5.41, 5.74) is 4.06. The van der Waals surface area contributed by atoms with Gasteiger partial charge in [-0.15, -0.1) is 0 Å². The topological polar surface area (TPSA) is 78.9 Å². The zero-order valence-electron chi connectivity index (χ0n) is 20.2. The molecule has 6 nitrogen and oxygen atoms in total. The average molecular weight is 497 g/mol. The third-order valence-corrected chi connectivity index (χ3v) is 8.37. The summed E-state index contributed by atoms with van der Waals surface area (Å²) in [4.78, 5) is 26.5. The molecule has 2 aromatic carbocycles. The van der Waals surface area contributed by atoms with Gasteiger partial charge >= 0.3 is 5.97 Å². The van der Waals surface area contributed by atoms with Crippen molar-refractivity contribution in [2.24, 2.45) is 5.92 Å². The van der Waals surface area contributed by atoms with E-state index in [0.29, 0.717) is 18.1 Å². The van der Waals surface area contributed by atoms with E-state index in [4.69, 9.17) is 16.3 Å². The predicted octanol–water partition coefficient (Wildman–Crippen LogP) is 4.92. The van der Waals surface area contributed by atoms with E-state index in [1.807, 2.05) is 18.2 Å². The standard InChI is InChI=1S/C28H33ClN2O4/c1-30-26(32)14-22(27(33)34)19-7-10-25-24(13-19)31(15-18-4-2-5-18)16-28(17-35-25)11-3-6-20-12-21(29)8-9-23(20)28/h7-10,12-13,18,22H,2-6,11,14-17H2,1H3,(H,30,32)(H,33,34)/t22-,28+/m1/s1. The summed E-state index contributed by atoms with van der Waals surface area (Å²) >= 11 is 6.33. The molecule has 2 aromatic rings. The molecule has 2 aliphatic carbocycles. The highest BCUT2D eigenvalue weighted by Gasteiger charge is 2.42. The van der Waals surface area contributed by atoms with Crippen LogP contribution in [0.25, 0.3) is 0 Å². The normalized spacial score (nSPS) is 22.3. The average Bonchev–Trinajstić information content (AvgIpc) is 2.96. The lowest BCUT2D eigenvalue weighted by Gasteiger charge is -2.42. The zero-order chi connectivity index (χ0) is 24.6. The Bertz CT molecular complexity index is 1130. The number of carbonyl (C=O) groups is 2. The largest absolute Gasteiger partial charge is 0.490 e. The number of fused-ring (bicyclic) bond motifs is 3. The fourth-order valence-electron chi connectivity index (χ4n) is 5.97. The number of carboxylic acids is 1. The lowest BCUT2D eigenvalue weighted by molar-refractivity contribution is -0.140. The highest BCUT2D eigenvalue weighted by atomic mass is 35.5. The van der Waals surface area contributed by atoms with Gasteiger partial charge < -0.3 is 20.1 Å². The Morgan fingerprint density at radius 1 is 1.23 bits per heavy atom. The van der Waals surface area contributed by atoms with Crippen molar-refractivity contribution < 1.29 is 19.4 Å². The second kappa shape index (κ2) is 9.73. The van der Waals surface area contributed by atoms with Crippen molar-refractivity contribution in [2.75, 3.05) is 31.6 Å². The van der Waals surface area contributed by atoms with E-state index >= 15 is 0 Å². The van der Waals surface area contributed by atoms with Crippen LogP contribution in [0.1, 0.15) is 61.1 Å². The van der Waals surface area contributed by atoms with E-state index in [-0.39, 0.29) is 17.7 Å². The fraction of sp³-hybridized carbons (Fsp3) is 0.500. The first-order valence-electron chi connectivity index (χ1n) is 12.6. The number of hydrogen-bond acceptors (Lipinski definition) is 4. The molecular weight excluding hydrogens is 464 g/mol. The Morgan fingerprint density at radius 2 is 2.06 bits per heavy atom. The molecule has 7 heteroatoms. The Labute approximate surface area is 211 Å². The zero-order valence-corrected chi connectivity index (χ0v) is 20.9. The Hall–Kier alpha value is -2.73. The number of amides is 1. The number of carbonyl (C=O) groups excluding carboxylic acids is 1. The molecule has 2 N–H and O–H groups in total. The van der Waals surface area contributed by atoms with E-state index in [1.54, 1.807) is 6.07 Å². The minimum Gasteiger partial charge on any atom is -0.490 e. The van der Waals surface area contributed by atoms with Gasteiger partial charge in [-0.25, -0.2) is 0 Å². The number of rotatable bonds is 6. The molecule has 35 heavy (non-hydrogen) atoms. The molecule has 186 valence electrons. The quantitative estimate of drug-likeness (QED) is 0.593. The maximum absolute atomic E-state index is 12.1. The third kappa shape index (κ3) is 4.73. The SMILES string of the molecule is CNC(=O)C[C@@H](C(=O)O)c1ccc2c(c1)N(CC1CCC1)C[C@@]1(CCCc3cc(Cl)ccc31)CO2. The summed E-state index contributed by atoms with van der Waals surface area (Å²) < 4.78 is 6.49. The van der Waals surface area contributed by atoms with Crippen molar-refractivity contribution in [1.29, 1.82) is 0 Å². The molecule has 0 bridgehead atoms. The highest BCUT2D eigenvalue weighted by molar-refractivity contribution is 6.30. The summed E-state index contributed by atoms with van der Waals surface area (Å²) in [5.74, 6) is -0.763. The molecular formula is C28H33ClN2O4. The number of carboxylic acid groups (broad SMARTS) is 1. The van der Waals surface area contributed by atoms with Gasteiger partial charge in [-0.1, -0.05) is 30.2 Å². The van der Waals surface area contributed by atoms with Crippen LogP contribution in [-0.4, -0.2) is 43.7 Å². The predicted molar refractivity (Wildman–Crippen MR) is 137 cm³/mol. The van der Waals surface area contributed by atoms with Gasteiger partial charge in [0.05, 0.1) is 18.2 Å². The molecule has 1 amide bonds. The number of ether oxygens (including phenoxy) is 1. The molecule has 1 saturated carbocycles. The number of hydrogen-bond donors (Lipinski definition) is 2. The number of nitrogens with one attached hydrogen (secondary N) is 1. The van der Waals surface area contributed by atoms with Crippen LogP contribution in [0.15, 0.2) is 36.4 Å². The maximum atomic E-state index is 12.1. The molecule has 1 aliphatic heterocycles. The van der Waals surface area contributed by atoms with Crippen molar-refractivity contribution in [3.63, 3.8) is 0 Å². The minimum absolute atomic E-state index is 0.0911. The van der Waals surface area contributed by atoms with Crippen molar-refractivity contribution in [1.82, 2.24) is 5.32 Å². The van der Waals surface area contributed by atoms with Gasteiger partial charge in [-0.3, -0.25) is 9.59 Å². The monoisotopic (exact) mass is 496 g/mol. The number of benzene rings is 2. The number of anilines is 1. The van der Waals surface area contributed by atoms with Crippen LogP contribution >= 0.6 is 11.6 Å². The van der Waals surface area contributed by atoms with Gasteiger partial charge in [-0.2, -0.15) is 0 Å². The fourth-order valence-corrected chi connectivity index (χ4v) is 6.16. The van der Waals surface area contributed by atoms with Crippen LogP contribution < -0.4 is 15.0 Å². The molecule has 1 fully saturated rings. The van der Waals surface area contributed by atoms with Crippen molar-refractivity contribution in [2.45, 2.75) is 56.3 Å². The van der Waals surface area contributed by atoms with Gasteiger partial charge in [0.25, 0.3) is 0 Å². The molecule has 1 heterocycles. The van der Waals surface area contributed by atoms with E-state index in [9.17, 15) is 14.7 Å². The maximum Gasteiger partial charge on any atom is 0.311 e. The Morgan fingerprint density at radius 3 is 2.77 bits per heavy atom. The van der Waals surface area contributed by atoms with Crippen molar-refractivity contribution in [3.05, 3.63) is 58.1 Å². The Balaban J connectivity index is 1.54. The number of aryl methyl sites for hydroxylation is 1. The van der Waals surface area contributed by atoms with Crippen LogP contribution in [0, 0.1) is 5.92 Å². The number of aliphatic carboxylic acids is 1. The summed E-state index contributed by atoms with van der Waals surface area (Å²) in [6, 6.07) is 11.9. The molecule has 0 aromatic heterocycles. The van der Waals surface area contributed by atoms with E-state index in [1.165, 1.54) is 37.4 Å². The van der Waals surface area contributed by atoms with Crippen LogP contribution in [0.3, 0.4) is 0 Å². The molecule has 3 aliphatic rings. The molecule has 0 unspecified atom stereocenters. The molecule has 0 radical (unpaired) electrons. The molecule has 2 atom stereocenters. The van der Waals surface area contributed by atoms with E-state index < -0.39 is 11.9 Å². The summed E-state index contributed by atoms with van der Waals surface area (Å²) in [7, 11) is 1.53. The van der Waals surface area contributed by atoms with Crippen LogP contribution in [0.5, 0.6) is 5.75 Å². The van der Waals surface area contributed by atoms with Gasteiger partial charge in [0, 0.05) is 37.0 Å². The first-order valence-corrected chi connectivity index (χ1v) is 13.0. The van der Waals surface area contributed by atoms with Gasteiger partial charge in [-0.05, 0) is 79.0 Å². The lowest BCUT2D eigenvalue weighted by Crippen LogP contribution is -2.47. The van der Waals surface area contributed by atoms with Crippen molar-refractivity contribution in [3.8, 4) is 5.75 Å². The van der Waals surface area contributed by atoms with Crippen LogP contribution in [0.4, 0.5) is 5.69 Å². The van der Waals surface area contributed by atoms with Crippen molar-refractivity contribution >= 4 is 29.2 Å². The van der Waals surface area contributed by atoms with E-state index in [0.717, 1.165) is 48.8 Å². The van der Waals surface area contributed by atoms with Gasteiger partial charge in [0.2, 0.25) is 5.91 Å². The Kier molecular flexibility index (Phi) is 6.67. The van der Waals surface area contributed by atoms with E-state index in [2.05, 4.69) is 22.3 Å². The molecule has 1 spiro atoms. The van der Waals surface area contributed by atoms with Crippen LogP contribution in [0.2, 0.25) is 5.02 Å². The third-order valence-electron chi connectivity index (χ3n) is 8.13. The number of halogens is 1. The van der Waals surface area contributed by atoms with Gasteiger partial charge in [0.15, 0.2) is 0 Å². The first kappa shape index (κ1) is 24.0. The molecule has 0 saturated heterocycles. The number of nitrogens with zero attached hydrogens (tertiary/aromatic N) is 1. The highest BCUT2D eigenvalue weighted by Crippen LogP contribution is 2.46. The summed E-state index contributed by atoms with van der Waals surface area (Å²) in [6.07, 6.45) is 6.77. The summed E-state index contributed by atoms with van der Waals surface area (Å²) in [5, 5.41) is 13.2. The second-order valence-corrected chi connectivity index (χ2v) is 10.8. The van der Waals surface area contributed by atoms with Gasteiger partial charge in [0.1, 0.15) is 5.75 Å². The summed E-state index contributed by atoms with van der Waals surface area (Å²) in [6.45, 7) is 2.33. The van der Waals surface area contributed by atoms with Crippen LogP contribution in [-0.2, 0) is 21.4 Å². The minimum atomic E-state index is -0.997. The molecule has 5 rings (SSSR count). The second-order valence-electron chi connectivity index (χ2n) is 10.4. The smallest absolute Gasteiger partial charge is 0.311 e. The lowest BCUT2D eigenvalue weighted by atomic mass is 9.70.